The fourth-order valence-corrected chi connectivity index (χ4v) is 4.40. The van der Waals surface area contributed by atoms with E-state index in [1.165, 1.54) is 30.6 Å². The van der Waals surface area contributed by atoms with Crippen molar-refractivity contribution in [3.05, 3.63) is 39.6 Å². The fourth-order valence-electron chi connectivity index (χ4n) is 3.08. The summed E-state index contributed by atoms with van der Waals surface area (Å²) in [5.41, 5.74) is 4.53. The Morgan fingerprint density at radius 3 is 3.05 bits per heavy atom. The highest BCUT2D eigenvalue weighted by molar-refractivity contribution is 7.12. The molecule has 0 aliphatic heterocycles. The Kier molecular flexibility index (Phi) is 4.73. The molecule has 3 rings (SSSR count). The number of nitrogens with zero attached hydrogens (tertiary/aromatic N) is 2. The molecule has 2 aromatic rings. The smallest absolute Gasteiger partial charge is 0.110 e. The van der Waals surface area contributed by atoms with Crippen LogP contribution in [-0.4, -0.2) is 9.55 Å². The molecule has 5 heteroatoms. The summed E-state index contributed by atoms with van der Waals surface area (Å²) in [7, 11) is 0. The molecule has 0 saturated carbocycles. The van der Waals surface area contributed by atoms with Crippen molar-refractivity contribution >= 4 is 11.3 Å². The van der Waals surface area contributed by atoms with Crippen LogP contribution in [0, 0.1) is 0 Å². The molecule has 1 atom stereocenters. The van der Waals surface area contributed by atoms with Crippen molar-refractivity contribution < 1.29 is 0 Å². The Morgan fingerprint density at radius 1 is 1.43 bits per heavy atom. The Bertz CT molecular complexity index is 563. The Balaban J connectivity index is 1.78. The third kappa shape index (κ3) is 3.20. The minimum absolute atomic E-state index is 0.165. The summed E-state index contributed by atoms with van der Waals surface area (Å²) in [4.78, 5) is 7.42. The van der Waals surface area contributed by atoms with Crippen LogP contribution in [0.2, 0.25) is 0 Å². The van der Waals surface area contributed by atoms with Crippen LogP contribution in [0.15, 0.2) is 18.5 Å². The molecule has 1 aliphatic carbocycles. The normalized spacial score (nSPS) is 15.9. The number of fused-ring (bicyclic) bond motifs is 1. The third-order valence-electron chi connectivity index (χ3n) is 4.21. The van der Waals surface area contributed by atoms with Crippen molar-refractivity contribution in [2.75, 3.05) is 0 Å². The predicted octanol–water partition coefficient (Wildman–Crippen LogP) is 2.98. The van der Waals surface area contributed by atoms with E-state index in [9.17, 15) is 0 Å². The van der Waals surface area contributed by atoms with Crippen molar-refractivity contribution in [1.82, 2.24) is 15.0 Å². The molecule has 3 N–H and O–H groups in total. The molecule has 0 spiro atoms. The highest BCUT2D eigenvalue weighted by Crippen LogP contribution is 2.33. The first kappa shape index (κ1) is 14.8. The first-order valence-corrected chi connectivity index (χ1v) is 8.71. The molecule has 0 aromatic carbocycles. The number of nitrogens with one attached hydrogen (secondary N) is 1. The number of hydrogen-bond donors (Lipinski definition) is 2. The second-order valence-electron chi connectivity index (χ2n) is 5.76. The van der Waals surface area contributed by atoms with Gasteiger partial charge in [-0.3, -0.25) is 11.3 Å². The van der Waals surface area contributed by atoms with E-state index < -0.39 is 0 Å². The number of aromatic nitrogens is 2. The van der Waals surface area contributed by atoms with Crippen molar-refractivity contribution in [2.24, 2.45) is 5.84 Å². The quantitative estimate of drug-likeness (QED) is 0.637. The summed E-state index contributed by atoms with van der Waals surface area (Å²) in [6.45, 7) is 3.21. The molecule has 0 bridgehead atoms. The standard InChI is InChI=1S/C16H24N4S/c1-2-8-20-9-7-18-16(20)11-13(19-17)15-10-12-5-3-4-6-14(12)21-15/h7,9-10,13,19H,2-6,8,11,17H2,1H3. The van der Waals surface area contributed by atoms with E-state index in [0.717, 1.165) is 25.2 Å². The molecule has 114 valence electrons. The van der Waals surface area contributed by atoms with E-state index in [2.05, 4.69) is 34.2 Å². The van der Waals surface area contributed by atoms with Gasteiger partial charge in [0.05, 0.1) is 6.04 Å². The van der Waals surface area contributed by atoms with Crippen molar-refractivity contribution in [3.63, 3.8) is 0 Å². The molecule has 1 unspecified atom stereocenters. The van der Waals surface area contributed by atoms with Gasteiger partial charge < -0.3 is 4.57 Å². The van der Waals surface area contributed by atoms with Crippen LogP contribution in [0.25, 0.3) is 0 Å². The minimum Gasteiger partial charge on any atom is -0.335 e. The number of rotatable bonds is 6. The van der Waals surface area contributed by atoms with Crippen molar-refractivity contribution in [3.8, 4) is 0 Å². The Morgan fingerprint density at radius 2 is 2.29 bits per heavy atom. The summed E-state index contributed by atoms with van der Waals surface area (Å²) in [6, 6.07) is 2.52. The molecule has 0 saturated heterocycles. The van der Waals surface area contributed by atoms with Crippen LogP contribution in [0.5, 0.6) is 0 Å². The molecule has 2 aromatic heterocycles. The van der Waals surface area contributed by atoms with Crippen LogP contribution < -0.4 is 11.3 Å². The topological polar surface area (TPSA) is 55.9 Å². The lowest BCUT2D eigenvalue weighted by molar-refractivity contribution is 0.523. The monoisotopic (exact) mass is 304 g/mol. The van der Waals surface area contributed by atoms with E-state index in [0.29, 0.717) is 0 Å². The molecule has 0 amide bonds. The summed E-state index contributed by atoms with van der Waals surface area (Å²) in [5, 5.41) is 0. The van der Waals surface area contributed by atoms with Crippen molar-refractivity contribution in [2.45, 2.75) is 58.0 Å². The van der Waals surface area contributed by atoms with Gasteiger partial charge in [0.15, 0.2) is 0 Å². The van der Waals surface area contributed by atoms with Gasteiger partial charge in [0, 0.05) is 35.1 Å². The summed E-state index contributed by atoms with van der Waals surface area (Å²) in [6.07, 6.45) is 11.0. The highest BCUT2D eigenvalue weighted by Gasteiger charge is 2.20. The number of imidazole rings is 1. The van der Waals surface area contributed by atoms with Gasteiger partial charge in [0.2, 0.25) is 0 Å². The molecule has 0 fully saturated rings. The molecule has 0 radical (unpaired) electrons. The van der Waals surface area contributed by atoms with Gasteiger partial charge >= 0.3 is 0 Å². The summed E-state index contributed by atoms with van der Waals surface area (Å²) < 4.78 is 2.23. The van der Waals surface area contributed by atoms with E-state index >= 15 is 0 Å². The SMILES string of the molecule is CCCn1ccnc1CC(NN)c1cc2c(s1)CCCC2. The first-order chi connectivity index (χ1) is 10.3. The van der Waals surface area contributed by atoms with Gasteiger partial charge in [0.25, 0.3) is 0 Å². The number of hydrogen-bond acceptors (Lipinski definition) is 4. The predicted molar refractivity (Wildman–Crippen MR) is 87.2 cm³/mol. The molecule has 4 nitrogen and oxygen atoms in total. The van der Waals surface area contributed by atoms with Crippen molar-refractivity contribution in [1.29, 1.82) is 0 Å². The maximum absolute atomic E-state index is 5.82. The number of hydrazine groups is 1. The summed E-state index contributed by atoms with van der Waals surface area (Å²) >= 11 is 1.93. The lowest BCUT2D eigenvalue weighted by Gasteiger charge is -2.15. The van der Waals surface area contributed by atoms with Crippen LogP contribution in [0.1, 0.15) is 53.4 Å². The second-order valence-corrected chi connectivity index (χ2v) is 6.93. The third-order valence-corrected chi connectivity index (χ3v) is 5.56. The zero-order valence-electron chi connectivity index (χ0n) is 12.6. The van der Waals surface area contributed by atoms with Gasteiger partial charge in [-0.1, -0.05) is 6.92 Å². The highest BCUT2D eigenvalue weighted by atomic mass is 32.1. The molecule has 21 heavy (non-hydrogen) atoms. The fraction of sp³-hybridized carbons (Fsp3) is 0.562. The Labute approximate surface area is 130 Å². The maximum atomic E-state index is 5.82. The van der Waals surface area contributed by atoms with Crippen LogP contribution in [-0.2, 0) is 25.8 Å². The van der Waals surface area contributed by atoms with Gasteiger partial charge in [-0.15, -0.1) is 11.3 Å². The lowest BCUT2D eigenvalue weighted by Crippen LogP contribution is -2.29. The second kappa shape index (κ2) is 6.73. The zero-order valence-corrected chi connectivity index (χ0v) is 13.5. The summed E-state index contributed by atoms with van der Waals surface area (Å²) in [5.74, 6) is 6.94. The number of nitrogens with two attached hydrogens (primary N) is 1. The number of aryl methyl sites for hydroxylation is 3. The van der Waals surface area contributed by atoms with Gasteiger partial charge in [-0.05, 0) is 43.7 Å². The lowest BCUT2D eigenvalue weighted by atomic mass is 9.98. The van der Waals surface area contributed by atoms with Crippen LogP contribution >= 0.6 is 11.3 Å². The number of thiophene rings is 1. The van der Waals surface area contributed by atoms with E-state index in [4.69, 9.17) is 5.84 Å². The van der Waals surface area contributed by atoms with Gasteiger partial charge in [0.1, 0.15) is 5.82 Å². The van der Waals surface area contributed by atoms with Gasteiger partial charge in [-0.2, -0.15) is 0 Å². The Hall–Kier alpha value is -1.17. The molecular weight excluding hydrogens is 280 g/mol. The van der Waals surface area contributed by atoms with Crippen LogP contribution in [0.4, 0.5) is 0 Å². The van der Waals surface area contributed by atoms with E-state index in [1.54, 1.807) is 10.4 Å². The molecular formula is C16H24N4S. The largest absolute Gasteiger partial charge is 0.335 e. The zero-order chi connectivity index (χ0) is 14.7. The minimum atomic E-state index is 0.165. The van der Waals surface area contributed by atoms with E-state index in [-0.39, 0.29) is 6.04 Å². The average Bonchev–Trinajstić information content (AvgIpc) is 3.11. The maximum Gasteiger partial charge on any atom is 0.110 e. The first-order valence-electron chi connectivity index (χ1n) is 7.89. The van der Waals surface area contributed by atoms with E-state index in [1.807, 2.05) is 17.5 Å². The molecule has 2 heterocycles. The average molecular weight is 304 g/mol. The molecule has 1 aliphatic rings. The van der Waals surface area contributed by atoms with Crippen LogP contribution in [0.3, 0.4) is 0 Å². The van der Waals surface area contributed by atoms with Gasteiger partial charge in [-0.25, -0.2) is 4.98 Å².